The number of carbonyl (C=O) groups is 3. The van der Waals surface area contributed by atoms with Crippen LogP contribution in [0.15, 0.2) is 12.2 Å². The Morgan fingerprint density at radius 3 is 2.12 bits per heavy atom. The maximum Gasteiger partial charge on any atom is 0.309 e. The predicted molar refractivity (Wildman–Crippen MR) is 197 cm³/mol. The van der Waals surface area contributed by atoms with Gasteiger partial charge in [-0.2, -0.15) is 0 Å². The molecule has 2 rings (SSSR count). The molecule has 48 heavy (non-hydrogen) atoms. The zero-order valence-electron chi connectivity index (χ0n) is 31.4. The average Bonchev–Trinajstić information content (AvgIpc) is 3.09. The van der Waals surface area contributed by atoms with Crippen LogP contribution in [0.25, 0.3) is 0 Å². The third kappa shape index (κ3) is 18.8. The lowest BCUT2D eigenvalue weighted by Gasteiger charge is -2.37. The summed E-state index contributed by atoms with van der Waals surface area (Å²) in [5.74, 6) is 0.173. The van der Waals surface area contributed by atoms with Crippen LogP contribution in [-0.2, 0) is 23.9 Å². The highest BCUT2D eigenvalue weighted by atomic mass is 16.5. The Balaban J connectivity index is 2.14. The number of ether oxygens (including phenoxy) is 2. The van der Waals surface area contributed by atoms with E-state index in [1.54, 1.807) is 0 Å². The van der Waals surface area contributed by atoms with Crippen LogP contribution in [0.4, 0.5) is 0 Å². The molecule has 4 atom stereocenters. The van der Waals surface area contributed by atoms with Gasteiger partial charge in [-0.3, -0.25) is 14.4 Å². The Morgan fingerprint density at radius 2 is 1.44 bits per heavy atom. The maximum absolute atomic E-state index is 14.5. The van der Waals surface area contributed by atoms with Crippen LogP contribution in [0.1, 0.15) is 194 Å². The molecular formula is C42H74O6. The Bertz CT molecular complexity index is 871. The Morgan fingerprint density at radius 1 is 0.771 bits per heavy atom. The number of hydrogen-bond acceptors (Lipinski definition) is 5. The molecule has 2 aliphatic rings. The van der Waals surface area contributed by atoms with E-state index in [9.17, 15) is 14.4 Å². The lowest BCUT2D eigenvalue weighted by atomic mass is 9.68. The summed E-state index contributed by atoms with van der Waals surface area (Å²) in [5, 5.41) is 8.81. The first kappa shape index (κ1) is 42.3. The van der Waals surface area contributed by atoms with E-state index >= 15 is 0 Å². The van der Waals surface area contributed by atoms with Crippen molar-refractivity contribution in [2.75, 3.05) is 6.61 Å². The summed E-state index contributed by atoms with van der Waals surface area (Å²) in [7, 11) is 0. The van der Waals surface area contributed by atoms with Crippen molar-refractivity contribution in [3.05, 3.63) is 12.2 Å². The molecule has 0 bridgehead atoms. The monoisotopic (exact) mass is 675 g/mol. The number of unbranched alkanes of at least 4 members (excludes halogenated alkanes) is 8. The van der Waals surface area contributed by atoms with Crippen LogP contribution in [0.2, 0.25) is 0 Å². The van der Waals surface area contributed by atoms with E-state index in [0.29, 0.717) is 24.9 Å². The van der Waals surface area contributed by atoms with Crippen LogP contribution >= 0.6 is 0 Å². The second kappa shape index (κ2) is 26.9. The first-order chi connectivity index (χ1) is 23.3. The van der Waals surface area contributed by atoms with Gasteiger partial charge in [0.05, 0.1) is 12.5 Å². The summed E-state index contributed by atoms with van der Waals surface area (Å²) in [4.78, 5) is 38.3. The first-order valence-electron chi connectivity index (χ1n) is 20.6. The molecule has 2 saturated carbocycles. The summed E-state index contributed by atoms with van der Waals surface area (Å²) < 4.78 is 12.2. The molecule has 0 spiro atoms. The first-order valence-corrected chi connectivity index (χ1v) is 20.6. The largest absolute Gasteiger partial charge is 0.481 e. The van der Waals surface area contributed by atoms with Crippen LogP contribution < -0.4 is 0 Å². The number of carboxylic acids is 1. The van der Waals surface area contributed by atoms with Gasteiger partial charge in [-0.15, -0.1) is 0 Å². The summed E-state index contributed by atoms with van der Waals surface area (Å²) in [6.07, 6.45) is 32.5. The third-order valence-electron chi connectivity index (χ3n) is 11.3. The highest BCUT2D eigenvalue weighted by Gasteiger charge is 2.40. The van der Waals surface area contributed by atoms with Crippen molar-refractivity contribution in [2.45, 2.75) is 200 Å². The standard InChI is InChI=1S/C42H74O6/c1-4-6-7-20-27-38(28-21-12-10-8-9-11-13-22-29-39(43)44)48-42(46)41(34(3)36-25-18-15-19-26-36)37(33-40(45)47-32-5-2)31-30-35-23-16-14-17-24-35/h12,21,34-38,41H,4-11,13-20,22-33H2,1-3H3,(H,43,44)/b21-12-/t34?,37?,38-,41?/m1/s1. The molecule has 6 nitrogen and oxygen atoms in total. The number of aliphatic carboxylic acids is 1. The van der Waals surface area contributed by atoms with Gasteiger partial charge in [0.25, 0.3) is 0 Å². The molecule has 1 N–H and O–H groups in total. The minimum Gasteiger partial charge on any atom is -0.481 e. The molecule has 0 aromatic rings. The van der Waals surface area contributed by atoms with E-state index in [-0.39, 0.29) is 42.2 Å². The molecule has 3 unspecified atom stereocenters. The van der Waals surface area contributed by atoms with E-state index in [0.717, 1.165) is 83.5 Å². The molecule has 0 aromatic heterocycles. The number of rotatable bonds is 27. The zero-order chi connectivity index (χ0) is 34.8. The van der Waals surface area contributed by atoms with Crippen LogP contribution in [0.3, 0.4) is 0 Å². The fourth-order valence-electron chi connectivity index (χ4n) is 8.31. The van der Waals surface area contributed by atoms with Crippen molar-refractivity contribution in [1.82, 2.24) is 0 Å². The summed E-state index contributed by atoms with van der Waals surface area (Å²) in [6.45, 7) is 6.98. The Hall–Kier alpha value is -1.85. The predicted octanol–water partition coefficient (Wildman–Crippen LogP) is 11.8. The van der Waals surface area contributed by atoms with Gasteiger partial charge in [-0.05, 0) is 68.6 Å². The third-order valence-corrected chi connectivity index (χ3v) is 11.3. The van der Waals surface area contributed by atoms with Gasteiger partial charge < -0.3 is 14.6 Å². The van der Waals surface area contributed by atoms with Crippen molar-refractivity contribution in [3.8, 4) is 0 Å². The van der Waals surface area contributed by atoms with Gasteiger partial charge >= 0.3 is 17.9 Å². The molecule has 0 aromatic carbocycles. The van der Waals surface area contributed by atoms with Crippen molar-refractivity contribution in [1.29, 1.82) is 0 Å². The van der Waals surface area contributed by atoms with E-state index in [4.69, 9.17) is 14.6 Å². The van der Waals surface area contributed by atoms with E-state index in [2.05, 4.69) is 26.0 Å². The molecule has 0 radical (unpaired) electrons. The Kier molecular flexibility index (Phi) is 23.8. The van der Waals surface area contributed by atoms with Crippen LogP contribution in [0, 0.1) is 29.6 Å². The van der Waals surface area contributed by atoms with Crippen LogP contribution in [-0.4, -0.2) is 35.7 Å². The van der Waals surface area contributed by atoms with Gasteiger partial charge in [0, 0.05) is 19.3 Å². The Labute approximate surface area is 295 Å². The average molecular weight is 675 g/mol. The molecule has 0 saturated heterocycles. The summed E-state index contributed by atoms with van der Waals surface area (Å²) in [6, 6.07) is 0. The molecule has 0 heterocycles. The van der Waals surface area contributed by atoms with E-state index in [1.807, 2.05) is 6.92 Å². The summed E-state index contributed by atoms with van der Waals surface area (Å²) in [5.41, 5.74) is 0. The second-order valence-corrected chi connectivity index (χ2v) is 15.4. The van der Waals surface area contributed by atoms with Crippen molar-refractivity contribution < 1.29 is 29.0 Å². The highest BCUT2D eigenvalue weighted by Crippen LogP contribution is 2.41. The quantitative estimate of drug-likeness (QED) is 0.0530. The molecule has 2 fully saturated rings. The minimum atomic E-state index is -0.706. The molecular weight excluding hydrogens is 600 g/mol. The van der Waals surface area contributed by atoms with Gasteiger partial charge in [-0.1, -0.05) is 142 Å². The van der Waals surface area contributed by atoms with Crippen LogP contribution in [0.5, 0.6) is 0 Å². The van der Waals surface area contributed by atoms with Gasteiger partial charge in [-0.25, -0.2) is 0 Å². The second-order valence-electron chi connectivity index (χ2n) is 15.4. The lowest BCUT2D eigenvalue weighted by molar-refractivity contribution is -0.161. The number of esters is 2. The minimum absolute atomic E-state index is 0.0347. The number of allylic oxidation sites excluding steroid dienone is 1. The number of carboxylic acid groups (broad SMARTS) is 1. The highest BCUT2D eigenvalue weighted by molar-refractivity contribution is 5.76. The number of hydrogen-bond donors (Lipinski definition) is 1. The molecule has 0 aliphatic heterocycles. The van der Waals surface area contributed by atoms with E-state index < -0.39 is 5.97 Å². The zero-order valence-corrected chi connectivity index (χ0v) is 31.4. The van der Waals surface area contributed by atoms with Gasteiger partial charge in [0.1, 0.15) is 6.10 Å². The van der Waals surface area contributed by atoms with Gasteiger partial charge in [0.2, 0.25) is 0 Å². The van der Waals surface area contributed by atoms with Crippen molar-refractivity contribution >= 4 is 17.9 Å². The number of carbonyl (C=O) groups excluding carboxylic acids is 2. The van der Waals surface area contributed by atoms with Crippen molar-refractivity contribution in [3.63, 3.8) is 0 Å². The molecule has 6 heteroatoms. The smallest absolute Gasteiger partial charge is 0.309 e. The fourth-order valence-corrected chi connectivity index (χ4v) is 8.31. The maximum atomic E-state index is 14.5. The van der Waals surface area contributed by atoms with Crippen molar-refractivity contribution in [2.24, 2.45) is 29.6 Å². The summed E-state index contributed by atoms with van der Waals surface area (Å²) >= 11 is 0. The molecule has 278 valence electrons. The SMILES string of the molecule is CCCCCC[C@H](C/C=C\CCCCCCCC(=O)O)OC(=O)C(C(CCC1CCCCC1)CC(=O)OCCC)C(C)C1CCCCC1. The molecule has 0 amide bonds. The fraction of sp³-hybridized carbons (Fsp3) is 0.881. The molecule has 2 aliphatic carbocycles. The lowest BCUT2D eigenvalue weighted by Crippen LogP contribution is -2.38. The normalized spacial score (nSPS) is 18.7. The van der Waals surface area contributed by atoms with E-state index in [1.165, 1.54) is 77.0 Å². The van der Waals surface area contributed by atoms with Gasteiger partial charge in [0.15, 0.2) is 0 Å². The topological polar surface area (TPSA) is 89.9 Å².